The van der Waals surface area contributed by atoms with E-state index in [1.165, 1.54) is 6.07 Å². The molecule has 1 heterocycles. The van der Waals surface area contributed by atoms with E-state index in [0.717, 1.165) is 16.3 Å². The lowest BCUT2D eigenvalue weighted by atomic mass is 10.2. The van der Waals surface area contributed by atoms with Crippen molar-refractivity contribution >= 4 is 10.8 Å². The summed E-state index contributed by atoms with van der Waals surface area (Å²) in [7, 11) is 0. The third-order valence-electron chi connectivity index (χ3n) is 2.49. The lowest BCUT2D eigenvalue weighted by Crippen LogP contribution is -1.83. The van der Waals surface area contributed by atoms with Crippen LogP contribution in [0.2, 0.25) is 0 Å². The maximum Gasteiger partial charge on any atom is 0.336 e. The molecule has 0 spiro atoms. The molecule has 15 heavy (non-hydrogen) atoms. The molecular weight excluding hydrogens is 188 g/mol. The molecule has 0 bridgehead atoms. The summed E-state index contributed by atoms with van der Waals surface area (Å²) in [5.74, 6) is 0.635. The van der Waals surface area contributed by atoms with Crippen LogP contribution in [0.5, 0.6) is 0 Å². The highest BCUT2D eigenvalue weighted by Gasteiger charge is 2.06. The van der Waals surface area contributed by atoms with Gasteiger partial charge < -0.3 is 4.42 Å². The second-order valence-electron chi connectivity index (χ2n) is 3.49. The Morgan fingerprint density at radius 1 is 0.867 bits per heavy atom. The van der Waals surface area contributed by atoms with Crippen LogP contribution >= 0.6 is 0 Å². The van der Waals surface area contributed by atoms with Gasteiger partial charge in [0.15, 0.2) is 0 Å². The largest absolute Gasteiger partial charge is 0.423 e. The van der Waals surface area contributed by atoms with E-state index in [9.17, 15) is 4.79 Å². The van der Waals surface area contributed by atoms with Gasteiger partial charge in [0, 0.05) is 11.6 Å². The van der Waals surface area contributed by atoms with Gasteiger partial charge in [-0.25, -0.2) is 4.79 Å². The summed E-state index contributed by atoms with van der Waals surface area (Å²) in [4.78, 5) is 11.1. The smallest absolute Gasteiger partial charge is 0.336 e. The molecule has 2 aliphatic rings. The molecule has 1 aliphatic carbocycles. The highest BCUT2D eigenvalue weighted by Crippen LogP contribution is 2.23. The van der Waals surface area contributed by atoms with Crippen LogP contribution in [0.15, 0.2) is 57.7 Å². The van der Waals surface area contributed by atoms with Gasteiger partial charge in [0.1, 0.15) is 5.76 Å². The number of furan rings is 1. The summed E-state index contributed by atoms with van der Waals surface area (Å²) in [5.41, 5.74) is 0.557. The maximum absolute atomic E-state index is 11.1. The van der Waals surface area contributed by atoms with Crippen molar-refractivity contribution in [2.75, 3.05) is 0 Å². The van der Waals surface area contributed by atoms with Crippen molar-refractivity contribution < 1.29 is 4.42 Å². The van der Waals surface area contributed by atoms with Crippen LogP contribution in [-0.4, -0.2) is 0 Å². The van der Waals surface area contributed by atoms with Crippen molar-refractivity contribution in [1.82, 2.24) is 0 Å². The van der Waals surface area contributed by atoms with Crippen LogP contribution in [0, 0.1) is 0 Å². The average molecular weight is 196 g/mol. The minimum atomic E-state index is -0.291. The molecule has 0 N–H and O–H groups in total. The Bertz CT molecular complexity index is 652. The first kappa shape index (κ1) is 8.24. The van der Waals surface area contributed by atoms with E-state index in [1.807, 2.05) is 42.5 Å². The SMILES string of the molecule is O=c1cc2cc3ccccc3ccc-2o1. The van der Waals surface area contributed by atoms with Gasteiger partial charge in [0.25, 0.3) is 0 Å². The second-order valence-corrected chi connectivity index (χ2v) is 3.49. The first-order chi connectivity index (χ1) is 7.33. The van der Waals surface area contributed by atoms with Gasteiger partial charge in [-0.2, -0.15) is 0 Å². The van der Waals surface area contributed by atoms with Crippen molar-refractivity contribution in [2.45, 2.75) is 0 Å². The summed E-state index contributed by atoms with van der Waals surface area (Å²) in [5, 5.41) is 2.24. The molecule has 0 fully saturated rings. The number of fused-ring (bicyclic) bond motifs is 2. The molecule has 0 unspecified atom stereocenters. The Labute approximate surface area is 86.1 Å². The molecule has 3 rings (SSSR count). The van der Waals surface area contributed by atoms with E-state index >= 15 is 0 Å². The Balaban J connectivity index is 2.49. The minimum Gasteiger partial charge on any atom is -0.423 e. The Morgan fingerprint density at radius 3 is 2.53 bits per heavy atom. The van der Waals surface area contributed by atoms with Crippen molar-refractivity contribution in [1.29, 1.82) is 0 Å². The molecule has 0 saturated heterocycles. The second kappa shape index (κ2) is 2.95. The predicted octanol–water partition coefficient (Wildman–Crippen LogP) is 2.90. The van der Waals surface area contributed by atoms with Crippen LogP contribution in [0.4, 0.5) is 0 Å². The van der Waals surface area contributed by atoms with Crippen molar-refractivity contribution in [2.24, 2.45) is 0 Å². The lowest BCUT2D eigenvalue weighted by molar-refractivity contribution is 0.545. The quantitative estimate of drug-likeness (QED) is 0.553. The van der Waals surface area contributed by atoms with Crippen LogP contribution in [0.1, 0.15) is 0 Å². The van der Waals surface area contributed by atoms with Gasteiger partial charge in [-0.15, -0.1) is 0 Å². The normalized spacial score (nSPS) is 10.9. The first-order valence-corrected chi connectivity index (χ1v) is 4.76. The van der Waals surface area contributed by atoms with Crippen molar-refractivity contribution in [3.63, 3.8) is 0 Å². The summed E-state index contributed by atoms with van der Waals surface area (Å²) in [6.07, 6.45) is 0. The van der Waals surface area contributed by atoms with Crippen molar-refractivity contribution in [3.8, 4) is 11.3 Å². The third-order valence-corrected chi connectivity index (χ3v) is 2.49. The van der Waals surface area contributed by atoms with Crippen LogP contribution in [0.3, 0.4) is 0 Å². The molecule has 1 aliphatic heterocycles. The number of hydrogen-bond acceptors (Lipinski definition) is 2. The van der Waals surface area contributed by atoms with E-state index < -0.39 is 0 Å². The lowest BCUT2D eigenvalue weighted by Gasteiger charge is -1.89. The van der Waals surface area contributed by atoms with E-state index in [1.54, 1.807) is 0 Å². The van der Waals surface area contributed by atoms with Crippen LogP contribution < -0.4 is 5.63 Å². The van der Waals surface area contributed by atoms with Crippen LogP contribution in [0.25, 0.3) is 22.1 Å². The molecule has 2 heteroatoms. The topological polar surface area (TPSA) is 30.2 Å². The molecule has 2 nitrogen and oxygen atoms in total. The van der Waals surface area contributed by atoms with Crippen LogP contribution in [-0.2, 0) is 0 Å². The maximum atomic E-state index is 11.1. The van der Waals surface area contributed by atoms with Gasteiger partial charge in [-0.05, 0) is 22.9 Å². The summed E-state index contributed by atoms with van der Waals surface area (Å²) in [6.45, 7) is 0. The van der Waals surface area contributed by atoms with Gasteiger partial charge >= 0.3 is 5.63 Å². The zero-order valence-electron chi connectivity index (χ0n) is 7.94. The van der Waals surface area contributed by atoms with Gasteiger partial charge in [0.05, 0.1) is 0 Å². The summed E-state index contributed by atoms with van der Waals surface area (Å²) >= 11 is 0. The number of hydrogen-bond donors (Lipinski definition) is 0. The number of benzene rings is 1. The van der Waals surface area contributed by atoms with Crippen molar-refractivity contribution in [3.05, 3.63) is 59.0 Å². The fraction of sp³-hybridized carbons (Fsp3) is 0. The van der Waals surface area contributed by atoms with E-state index in [0.29, 0.717) is 5.76 Å². The monoisotopic (exact) mass is 196 g/mol. The predicted molar refractivity (Wildman–Crippen MR) is 59.1 cm³/mol. The van der Waals surface area contributed by atoms with E-state index in [2.05, 4.69) is 0 Å². The Kier molecular flexibility index (Phi) is 1.62. The molecule has 72 valence electrons. The standard InChI is InChI=1S/C13H8O2/c14-13-8-11-7-10-4-2-1-3-9(10)5-6-12(11)15-13/h1-8H. The molecule has 0 atom stereocenters. The molecule has 1 aromatic rings. The number of rotatable bonds is 0. The Hall–Kier alpha value is -2.09. The first-order valence-electron chi connectivity index (χ1n) is 4.76. The average Bonchev–Trinajstić information content (AvgIpc) is 2.49. The van der Waals surface area contributed by atoms with Gasteiger partial charge in [-0.3, -0.25) is 0 Å². The molecule has 0 aromatic heterocycles. The van der Waals surface area contributed by atoms with Gasteiger partial charge in [0.2, 0.25) is 0 Å². The van der Waals surface area contributed by atoms with E-state index in [4.69, 9.17) is 4.42 Å². The highest BCUT2D eigenvalue weighted by atomic mass is 16.4. The third kappa shape index (κ3) is 1.31. The minimum absolute atomic E-state index is 0.291. The highest BCUT2D eigenvalue weighted by molar-refractivity contribution is 5.85. The molecule has 0 saturated carbocycles. The Morgan fingerprint density at radius 2 is 1.67 bits per heavy atom. The molecule has 0 amide bonds. The van der Waals surface area contributed by atoms with Gasteiger partial charge in [-0.1, -0.05) is 30.3 Å². The molecule has 0 radical (unpaired) electrons. The zero-order valence-corrected chi connectivity index (χ0v) is 7.94. The van der Waals surface area contributed by atoms with E-state index in [-0.39, 0.29) is 5.63 Å². The fourth-order valence-electron chi connectivity index (χ4n) is 1.77. The summed E-state index contributed by atoms with van der Waals surface area (Å²) in [6, 6.07) is 15.3. The molecular formula is C13H8O2. The fourth-order valence-corrected chi connectivity index (χ4v) is 1.77. The zero-order chi connectivity index (χ0) is 10.3. The summed E-state index contributed by atoms with van der Waals surface area (Å²) < 4.78 is 5.04. The molecule has 1 aromatic carbocycles.